The minimum Gasteiger partial charge on any atom is -0.390 e. The van der Waals surface area contributed by atoms with Crippen LogP contribution in [0.4, 0.5) is 22.0 Å². The fourth-order valence-electron chi connectivity index (χ4n) is 16.2. The minimum atomic E-state index is -2.31. The Morgan fingerprint density at radius 3 is 1.68 bits per heavy atom. The molecule has 0 radical (unpaired) electrons. The molecule has 12 nitrogen and oxygen atoms in total. The number of thioether (sulfide) groups is 2. The van der Waals surface area contributed by atoms with Crippen molar-refractivity contribution in [3.63, 3.8) is 0 Å². The maximum atomic E-state index is 17.5. The highest BCUT2D eigenvalue weighted by molar-refractivity contribution is 8.14. The summed E-state index contributed by atoms with van der Waals surface area (Å²) in [4.78, 5) is 51.5. The van der Waals surface area contributed by atoms with E-state index in [2.05, 4.69) is 0 Å². The zero-order valence-electron chi connectivity index (χ0n) is 41.0. The van der Waals surface area contributed by atoms with E-state index in [9.17, 15) is 33.8 Å². The maximum Gasteiger partial charge on any atom is 0.225 e. The second kappa shape index (κ2) is 17.2. The van der Waals surface area contributed by atoms with Crippen LogP contribution in [0.15, 0.2) is 71.9 Å². The van der Waals surface area contributed by atoms with Crippen LogP contribution in [-0.4, -0.2) is 109 Å². The fourth-order valence-corrected chi connectivity index (χ4v) is 17.8. The van der Waals surface area contributed by atoms with Crippen molar-refractivity contribution < 1.29 is 70.3 Å². The molecule has 2 aliphatic heterocycles. The van der Waals surface area contributed by atoms with Crippen molar-refractivity contribution in [2.45, 2.75) is 151 Å². The van der Waals surface area contributed by atoms with E-state index in [1.54, 1.807) is 40.7 Å². The van der Waals surface area contributed by atoms with Gasteiger partial charge in [-0.15, -0.1) is 0 Å². The maximum absolute atomic E-state index is 17.5. The van der Waals surface area contributed by atoms with Gasteiger partial charge in [0.25, 0.3) is 0 Å². The second-order valence-corrected chi connectivity index (χ2v) is 24.8. The first-order valence-electron chi connectivity index (χ1n) is 24.7. The standard InChI is InChI=1S/C29H28F3NO5S.C25H29F2NO5S/c1-26-7-6-17(34)11-20(26)21(31)12-19-18-13-23-29(25(36)39-9-8-33,27(18,2)14-22(35)28(19,26)32)38-24(37-23)15-4-3-5-16(30)10-15;1-21(2)32-19-11-14-15-10-17(26)16-9-13(29)5-6-22(16,3)24(15,27)18(30)12-23(14,4)25(19,33-21)20(31)34-8-7-28/h3-7,10-11,18-19,21-24,35H,9,12-14H2,1-2H3;5-6,9,14-15,17-19,30H,8,10-12H2,1-4H3/t18-,19-,21-,22-,23+,24?,26-,27-,28-,29-;14-,15-,17-,18-,19+,22-,23-,24-,25-/m00/s1. The van der Waals surface area contributed by atoms with Gasteiger partial charge in [0, 0.05) is 39.1 Å². The molecular weight excluding hydrogens is 996 g/mol. The fraction of sp³-hybridized carbons (Fsp3) is 0.630. The van der Waals surface area contributed by atoms with E-state index in [4.69, 9.17) is 29.5 Å². The second-order valence-electron chi connectivity index (χ2n) is 22.9. The van der Waals surface area contributed by atoms with Gasteiger partial charge in [-0.3, -0.25) is 19.2 Å². The molecule has 19 heteroatoms. The number of aliphatic hydroxyl groups is 2. The van der Waals surface area contributed by atoms with Gasteiger partial charge in [0.1, 0.15) is 18.2 Å². The first-order chi connectivity index (χ1) is 34.2. The predicted octanol–water partition coefficient (Wildman–Crippen LogP) is 8.28. The predicted molar refractivity (Wildman–Crippen MR) is 255 cm³/mol. The molecule has 0 bridgehead atoms. The van der Waals surface area contributed by atoms with Gasteiger partial charge in [-0.25, -0.2) is 22.0 Å². The highest BCUT2D eigenvalue weighted by atomic mass is 32.2. The molecule has 2 N–H and O–H groups in total. The number of alkyl halides is 4. The monoisotopic (exact) mass is 1050 g/mol. The number of nitriles is 2. The van der Waals surface area contributed by atoms with Crippen molar-refractivity contribution in [2.75, 3.05) is 11.5 Å². The topological polar surface area (TPSA) is 193 Å². The molecule has 1 unspecified atom stereocenters. The number of fused-ring (bicyclic) bond motifs is 14. The van der Waals surface area contributed by atoms with Gasteiger partial charge in [0.2, 0.25) is 10.2 Å². The van der Waals surface area contributed by atoms with Crippen molar-refractivity contribution in [2.24, 2.45) is 45.3 Å². The zero-order valence-corrected chi connectivity index (χ0v) is 42.7. The summed E-state index contributed by atoms with van der Waals surface area (Å²) in [5.74, 6) is -5.74. The Morgan fingerprint density at radius 1 is 0.712 bits per heavy atom. The van der Waals surface area contributed by atoms with Crippen LogP contribution in [0.1, 0.15) is 91.9 Å². The van der Waals surface area contributed by atoms with Crippen LogP contribution >= 0.6 is 23.5 Å². The van der Waals surface area contributed by atoms with Gasteiger partial charge < -0.3 is 29.2 Å². The van der Waals surface area contributed by atoms with Crippen molar-refractivity contribution in [1.82, 2.24) is 0 Å². The van der Waals surface area contributed by atoms with Gasteiger partial charge >= 0.3 is 0 Å². The zero-order chi connectivity index (χ0) is 52.9. The molecule has 11 rings (SSSR count). The number of rotatable bonds is 5. The molecule has 0 amide bonds. The largest absolute Gasteiger partial charge is 0.390 e. The summed E-state index contributed by atoms with van der Waals surface area (Å²) >= 11 is 1.59. The average Bonchev–Trinajstić information content (AvgIpc) is 4.00. The summed E-state index contributed by atoms with van der Waals surface area (Å²) in [5, 5.41) is 40.4. The summed E-state index contributed by atoms with van der Waals surface area (Å²) in [6.45, 7) is 10.0. The summed E-state index contributed by atoms with van der Waals surface area (Å²) in [6.07, 6.45) is -1.88. The van der Waals surface area contributed by atoms with Crippen molar-refractivity contribution in [3.8, 4) is 12.1 Å². The van der Waals surface area contributed by atoms with Crippen LogP contribution < -0.4 is 0 Å². The number of carbonyl (C=O) groups is 4. The number of nitrogens with zero attached hydrogens (tertiary/aromatic N) is 2. The number of benzene rings is 1. The molecule has 73 heavy (non-hydrogen) atoms. The molecule has 19 atom stereocenters. The number of ketones is 2. The molecule has 0 aromatic heterocycles. The van der Waals surface area contributed by atoms with Crippen LogP contribution in [0.3, 0.4) is 0 Å². The summed E-state index contributed by atoms with van der Waals surface area (Å²) in [6, 6.07) is 9.51. The third-order valence-corrected chi connectivity index (χ3v) is 20.9. The first-order valence-corrected chi connectivity index (χ1v) is 26.6. The first kappa shape index (κ1) is 52.4. The van der Waals surface area contributed by atoms with E-state index in [1.807, 2.05) is 12.1 Å². The summed E-state index contributed by atoms with van der Waals surface area (Å²) in [5.41, 5.74) is -12.6. The number of aliphatic hydroxyl groups excluding tert-OH is 2. The van der Waals surface area contributed by atoms with E-state index < -0.39 is 139 Å². The number of carbonyl (C=O) groups excluding carboxylic acids is 4. The van der Waals surface area contributed by atoms with Crippen LogP contribution in [0.5, 0.6) is 0 Å². The van der Waals surface area contributed by atoms with Gasteiger partial charge in [-0.2, -0.15) is 10.5 Å². The highest BCUT2D eigenvalue weighted by Crippen LogP contribution is 2.75. The molecule has 1 aromatic carbocycles. The number of hydrogen-bond acceptors (Lipinski definition) is 14. The normalized spacial score (nSPS) is 48.1. The van der Waals surface area contributed by atoms with Crippen LogP contribution in [-0.2, 0) is 38.1 Å². The van der Waals surface area contributed by atoms with Gasteiger partial charge in [-0.05, 0) is 126 Å². The Balaban J connectivity index is 0.000000169. The SMILES string of the molecule is CC1(C)O[C@@H]2C[C@H]3[C@@H]4C[C@H](F)C5=CC(=O)C=C[C@]5(C)[C@@]4(F)[C@@H](O)C[C@]3(C)[C@]2(C(=O)SCC#N)O1.C[C@]12C=CC(=O)C=C1[C@@H](F)C[C@H]1[C@@H]3C[C@H]4OC(c5cccc(F)c5)O[C@@]4(C(=O)SCC#N)[C@@]3(C)C[C@H](O)[C@@]12F. The molecular formula is C54H57F5N2O10S2. The molecule has 8 fully saturated rings. The Kier molecular flexibility index (Phi) is 12.4. The molecule has 2 saturated heterocycles. The Morgan fingerprint density at radius 2 is 1.19 bits per heavy atom. The van der Waals surface area contributed by atoms with Crippen LogP contribution in [0, 0.1) is 73.8 Å². The average molecular weight is 1050 g/mol. The van der Waals surface area contributed by atoms with Crippen molar-refractivity contribution >= 4 is 45.3 Å². The quantitative estimate of drug-likeness (QED) is 0.268. The molecule has 10 aliphatic rings. The Bertz CT molecular complexity index is 2800. The molecule has 0 spiro atoms. The van der Waals surface area contributed by atoms with Crippen molar-refractivity contribution in [1.29, 1.82) is 10.5 Å². The summed E-state index contributed by atoms with van der Waals surface area (Å²) in [7, 11) is 0. The van der Waals surface area contributed by atoms with E-state index in [-0.39, 0.29) is 66.3 Å². The van der Waals surface area contributed by atoms with E-state index in [1.165, 1.54) is 49.4 Å². The number of ether oxygens (including phenoxy) is 4. The lowest BCUT2D eigenvalue weighted by molar-refractivity contribution is -0.246. The molecule has 6 saturated carbocycles. The van der Waals surface area contributed by atoms with E-state index in [0.29, 0.717) is 5.56 Å². The van der Waals surface area contributed by atoms with Gasteiger partial charge in [-0.1, -0.05) is 61.7 Å². The number of hydrogen-bond donors (Lipinski definition) is 2. The smallest absolute Gasteiger partial charge is 0.225 e. The highest BCUT2D eigenvalue weighted by Gasteiger charge is 2.82. The third-order valence-electron chi connectivity index (χ3n) is 19.3. The molecule has 8 aliphatic carbocycles. The van der Waals surface area contributed by atoms with Gasteiger partial charge in [0.05, 0.1) is 48.1 Å². The van der Waals surface area contributed by atoms with Crippen LogP contribution in [0.25, 0.3) is 0 Å². The van der Waals surface area contributed by atoms with Crippen molar-refractivity contribution in [3.05, 3.63) is 83.2 Å². The van der Waals surface area contributed by atoms with E-state index >= 15 is 17.6 Å². The Hall–Kier alpha value is -4.05. The van der Waals surface area contributed by atoms with Gasteiger partial charge in [0.15, 0.2) is 46.2 Å². The molecule has 390 valence electrons. The third kappa shape index (κ3) is 6.83. The molecule has 2 heterocycles. The molecule has 1 aromatic rings. The number of halogens is 5. The lowest BCUT2D eigenvalue weighted by Gasteiger charge is -2.63. The minimum absolute atomic E-state index is 0.0172. The van der Waals surface area contributed by atoms with Crippen LogP contribution in [0.2, 0.25) is 0 Å². The lowest BCUT2D eigenvalue weighted by Crippen LogP contribution is -2.70. The number of allylic oxidation sites excluding steroid dienone is 8. The lowest BCUT2D eigenvalue weighted by atomic mass is 9.44. The summed E-state index contributed by atoms with van der Waals surface area (Å²) < 4.78 is 105. The Labute approximate surface area is 428 Å². The van der Waals surface area contributed by atoms with E-state index in [0.717, 1.165) is 35.7 Å².